The number of nitrogens with zero attached hydrogens (tertiary/aromatic N) is 1. The average molecular weight is 290 g/mol. The van der Waals surface area contributed by atoms with Gasteiger partial charge in [0.2, 0.25) is 0 Å². The summed E-state index contributed by atoms with van der Waals surface area (Å²) in [7, 11) is 0. The summed E-state index contributed by atoms with van der Waals surface area (Å²) in [5.74, 6) is 0.937. The van der Waals surface area contributed by atoms with Gasteiger partial charge >= 0.3 is 0 Å². The molecule has 0 spiro atoms. The molecule has 0 atom stereocenters. The Morgan fingerprint density at radius 2 is 1.75 bits per heavy atom. The second kappa shape index (κ2) is 6.47. The molecule has 0 radical (unpaired) electrons. The van der Waals surface area contributed by atoms with Crippen molar-refractivity contribution in [2.75, 3.05) is 26.2 Å². The quantitative estimate of drug-likeness (QED) is 0.759. The molecule has 0 unspecified atom stereocenters. The molecular weight excluding hydrogens is 270 g/mol. The van der Waals surface area contributed by atoms with Gasteiger partial charge in [-0.05, 0) is 44.5 Å². The van der Waals surface area contributed by atoms with Crippen LogP contribution in [0.15, 0.2) is 36.4 Å². The van der Waals surface area contributed by atoms with Crippen LogP contribution in [0.3, 0.4) is 0 Å². The number of ether oxygens (including phenoxy) is 1. The van der Waals surface area contributed by atoms with Gasteiger partial charge in [-0.15, -0.1) is 0 Å². The van der Waals surface area contributed by atoms with Gasteiger partial charge in [0.05, 0.1) is 6.61 Å². The lowest BCUT2D eigenvalue weighted by Gasteiger charge is -2.15. The molecular formula is C17H20ClNO. The molecule has 3 heteroatoms. The van der Waals surface area contributed by atoms with Gasteiger partial charge in [-0.1, -0.05) is 35.9 Å². The minimum atomic E-state index is 0.766. The highest BCUT2D eigenvalue weighted by molar-refractivity contribution is 6.35. The molecule has 1 fully saturated rings. The first-order valence-corrected chi connectivity index (χ1v) is 7.75. The lowest BCUT2D eigenvalue weighted by molar-refractivity contribution is 0.265. The van der Waals surface area contributed by atoms with Crippen molar-refractivity contribution in [2.24, 2.45) is 0 Å². The molecule has 1 aliphatic heterocycles. The van der Waals surface area contributed by atoms with Crippen LogP contribution in [-0.2, 0) is 0 Å². The number of benzene rings is 2. The summed E-state index contributed by atoms with van der Waals surface area (Å²) >= 11 is 6.21. The number of hydrogen-bond donors (Lipinski definition) is 0. The summed E-state index contributed by atoms with van der Waals surface area (Å²) in [6, 6.07) is 12.0. The number of hydrogen-bond acceptors (Lipinski definition) is 2. The van der Waals surface area contributed by atoms with Crippen LogP contribution < -0.4 is 4.74 Å². The van der Waals surface area contributed by atoms with Crippen molar-refractivity contribution in [3.8, 4) is 5.75 Å². The molecule has 3 rings (SSSR count). The number of likely N-dealkylation sites (tertiary alicyclic amines) is 1. The minimum absolute atomic E-state index is 0.766. The van der Waals surface area contributed by atoms with Crippen LogP contribution in [0.5, 0.6) is 5.75 Å². The van der Waals surface area contributed by atoms with Crippen LogP contribution in [-0.4, -0.2) is 31.1 Å². The zero-order chi connectivity index (χ0) is 13.8. The monoisotopic (exact) mass is 289 g/mol. The number of rotatable bonds is 5. The first-order valence-electron chi connectivity index (χ1n) is 7.37. The molecule has 0 aromatic heterocycles. The second-order valence-corrected chi connectivity index (χ2v) is 5.75. The maximum atomic E-state index is 6.21. The van der Waals surface area contributed by atoms with Gasteiger partial charge in [0.25, 0.3) is 0 Å². The molecule has 2 aromatic carbocycles. The molecule has 0 bridgehead atoms. The van der Waals surface area contributed by atoms with Crippen molar-refractivity contribution in [3.05, 3.63) is 41.4 Å². The van der Waals surface area contributed by atoms with Gasteiger partial charge in [-0.3, -0.25) is 0 Å². The van der Waals surface area contributed by atoms with E-state index >= 15 is 0 Å². The first kappa shape index (κ1) is 13.7. The molecule has 0 amide bonds. The number of fused-ring (bicyclic) bond motifs is 1. The van der Waals surface area contributed by atoms with E-state index in [9.17, 15) is 0 Å². The number of halogens is 1. The molecule has 1 aliphatic rings. The first-order chi connectivity index (χ1) is 9.84. The van der Waals surface area contributed by atoms with E-state index in [0.29, 0.717) is 0 Å². The summed E-state index contributed by atoms with van der Waals surface area (Å²) in [5.41, 5.74) is 0. The maximum absolute atomic E-state index is 6.21. The van der Waals surface area contributed by atoms with Crippen LogP contribution in [0.1, 0.15) is 19.3 Å². The van der Waals surface area contributed by atoms with Crippen LogP contribution in [0.2, 0.25) is 5.02 Å². The Morgan fingerprint density at radius 3 is 2.55 bits per heavy atom. The Morgan fingerprint density at radius 1 is 1.00 bits per heavy atom. The van der Waals surface area contributed by atoms with Crippen molar-refractivity contribution in [1.29, 1.82) is 0 Å². The van der Waals surface area contributed by atoms with Crippen molar-refractivity contribution in [3.63, 3.8) is 0 Å². The van der Waals surface area contributed by atoms with Crippen LogP contribution >= 0.6 is 11.6 Å². The standard InChI is InChI=1S/C17H20ClNO/c18-16-8-9-17(15-7-2-1-6-14(15)16)20-13-5-12-19-10-3-4-11-19/h1-2,6-9H,3-5,10-13H2. The van der Waals surface area contributed by atoms with Gasteiger partial charge in [0, 0.05) is 22.3 Å². The Balaban J connectivity index is 1.61. The molecule has 2 nitrogen and oxygen atoms in total. The maximum Gasteiger partial charge on any atom is 0.127 e. The third-order valence-corrected chi connectivity index (χ3v) is 4.24. The fourth-order valence-electron chi connectivity index (χ4n) is 2.84. The Bertz CT molecular complexity index is 578. The largest absolute Gasteiger partial charge is 0.493 e. The molecule has 0 N–H and O–H groups in total. The third kappa shape index (κ3) is 3.08. The van der Waals surface area contributed by atoms with Crippen LogP contribution in [0, 0.1) is 0 Å². The molecule has 1 saturated heterocycles. The molecule has 1 heterocycles. The van der Waals surface area contributed by atoms with Gasteiger partial charge in [0.15, 0.2) is 0 Å². The van der Waals surface area contributed by atoms with Gasteiger partial charge in [0.1, 0.15) is 5.75 Å². The van der Waals surface area contributed by atoms with E-state index in [1.54, 1.807) is 0 Å². The molecule has 20 heavy (non-hydrogen) atoms. The molecule has 0 saturated carbocycles. The van der Waals surface area contributed by atoms with E-state index in [2.05, 4.69) is 11.0 Å². The van der Waals surface area contributed by atoms with Crippen LogP contribution in [0.4, 0.5) is 0 Å². The zero-order valence-corrected chi connectivity index (χ0v) is 12.4. The SMILES string of the molecule is Clc1ccc(OCCCN2CCCC2)c2ccccc12. The van der Waals surface area contributed by atoms with Crippen molar-refractivity contribution in [1.82, 2.24) is 4.90 Å². The van der Waals surface area contributed by atoms with Gasteiger partial charge in [-0.2, -0.15) is 0 Å². The average Bonchev–Trinajstić information content (AvgIpc) is 2.99. The van der Waals surface area contributed by atoms with Gasteiger partial charge in [-0.25, -0.2) is 0 Å². The van der Waals surface area contributed by atoms with E-state index in [0.717, 1.165) is 41.1 Å². The predicted octanol–water partition coefficient (Wildman–Crippen LogP) is 4.36. The summed E-state index contributed by atoms with van der Waals surface area (Å²) in [4.78, 5) is 2.52. The normalized spacial score (nSPS) is 15.8. The Labute approximate surface area is 125 Å². The highest BCUT2D eigenvalue weighted by Gasteiger charge is 2.10. The fraction of sp³-hybridized carbons (Fsp3) is 0.412. The smallest absolute Gasteiger partial charge is 0.127 e. The van der Waals surface area contributed by atoms with E-state index in [1.165, 1.54) is 25.9 Å². The predicted molar refractivity (Wildman–Crippen MR) is 84.7 cm³/mol. The van der Waals surface area contributed by atoms with Crippen molar-refractivity contribution >= 4 is 22.4 Å². The zero-order valence-electron chi connectivity index (χ0n) is 11.6. The second-order valence-electron chi connectivity index (χ2n) is 5.34. The lowest BCUT2D eigenvalue weighted by Crippen LogP contribution is -2.21. The minimum Gasteiger partial charge on any atom is -0.493 e. The summed E-state index contributed by atoms with van der Waals surface area (Å²) in [6.45, 7) is 4.42. The lowest BCUT2D eigenvalue weighted by atomic mass is 10.1. The molecule has 106 valence electrons. The molecule has 2 aromatic rings. The van der Waals surface area contributed by atoms with Crippen molar-refractivity contribution < 1.29 is 4.74 Å². The van der Waals surface area contributed by atoms with E-state index in [-0.39, 0.29) is 0 Å². The highest BCUT2D eigenvalue weighted by Crippen LogP contribution is 2.31. The summed E-state index contributed by atoms with van der Waals surface area (Å²) in [5, 5.41) is 2.94. The van der Waals surface area contributed by atoms with Gasteiger partial charge < -0.3 is 9.64 Å². The summed E-state index contributed by atoms with van der Waals surface area (Å²) < 4.78 is 5.95. The highest BCUT2D eigenvalue weighted by atomic mass is 35.5. The third-order valence-electron chi connectivity index (χ3n) is 3.91. The van der Waals surface area contributed by atoms with E-state index in [4.69, 9.17) is 16.3 Å². The fourth-order valence-corrected chi connectivity index (χ4v) is 3.06. The molecule has 0 aliphatic carbocycles. The van der Waals surface area contributed by atoms with E-state index in [1.807, 2.05) is 30.3 Å². The summed E-state index contributed by atoms with van der Waals surface area (Å²) in [6.07, 6.45) is 3.78. The Hall–Kier alpha value is -1.25. The Kier molecular flexibility index (Phi) is 4.44. The van der Waals surface area contributed by atoms with E-state index < -0.39 is 0 Å². The topological polar surface area (TPSA) is 12.5 Å². The van der Waals surface area contributed by atoms with Crippen molar-refractivity contribution in [2.45, 2.75) is 19.3 Å². The van der Waals surface area contributed by atoms with Crippen LogP contribution in [0.25, 0.3) is 10.8 Å².